The molecule has 2 aromatic rings. The molecule has 0 saturated heterocycles. The lowest BCUT2D eigenvalue weighted by Gasteiger charge is -1.97. The van der Waals surface area contributed by atoms with Gasteiger partial charge in [0.25, 0.3) is 0 Å². The maximum Gasteiger partial charge on any atom is 0.162 e. The van der Waals surface area contributed by atoms with Crippen molar-refractivity contribution in [1.29, 1.82) is 0 Å². The first kappa shape index (κ1) is 13.1. The van der Waals surface area contributed by atoms with E-state index in [0.29, 0.717) is 17.2 Å². The largest absolute Gasteiger partial charge is 0.253 e. The Labute approximate surface area is 109 Å². The van der Waals surface area contributed by atoms with Gasteiger partial charge in [-0.3, -0.25) is 4.68 Å². The number of aryl methyl sites for hydroxylation is 2. The molecule has 0 aromatic carbocycles. The van der Waals surface area contributed by atoms with Crippen LogP contribution < -0.4 is 0 Å². The van der Waals surface area contributed by atoms with Gasteiger partial charge >= 0.3 is 0 Å². The summed E-state index contributed by atoms with van der Waals surface area (Å²) in [5, 5.41) is 16.5. The lowest BCUT2D eigenvalue weighted by atomic mass is 10.5. The van der Waals surface area contributed by atoms with E-state index in [-0.39, 0.29) is 11.5 Å². The Morgan fingerprint density at radius 3 is 2.61 bits per heavy atom. The van der Waals surface area contributed by atoms with E-state index in [4.69, 9.17) is 0 Å². The quantitative estimate of drug-likeness (QED) is 0.798. The van der Waals surface area contributed by atoms with E-state index >= 15 is 0 Å². The molecule has 98 valence electrons. The topological polar surface area (TPSA) is 90.6 Å². The van der Waals surface area contributed by atoms with Crippen molar-refractivity contribution < 1.29 is 8.42 Å². The summed E-state index contributed by atoms with van der Waals surface area (Å²) in [5.41, 5.74) is 0.457. The van der Waals surface area contributed by atoms with Crippen molar-refractivity contribution in [1.82, 2.24) is 25.2 Å². The second-order valence-electron chi connectivity index (χ2n) is 3.81. The van der Waals surface area contributed by atoms with Crippen molar-refractivity contribution in [3.63, 3.8) is 0 Å². The highest BCUT2D eigenvalue weighted by Crippen LogP contribution is 2.14. The van der Waals surface area contributed by atoms with E-state index < -0.39 is 9.84 Å². The Balaban J connectivity index is 2.07. The van der Waals surface area contributed by atoms with E-state index in [2.05, 4.69) is 20.5 Å². The van der Waals surface area contributed by atoms with E-state index in [1.807, 2.05) is 6.92 Å². The van der Waals surface area contributed by atoms with Gasteiger partial charge in [-0.25, -0.2) is 8.42 Å². The number of sulfone groups is 1. The fourth-order valence-corrected chi connectivity index (χ4v) is 3.82. The van der Waals surface area contributed by atoms with Gasteiger partial charge in [0.2, 0.25) is 0 Å². The molecule has 0 bridgehead atoms. The third kappa shape index (κ3) is 3.33. The van der Waals surface area contributed by atoms with Gasteiger partial charge in [-0.2, -0.15) is 0 Å². The van der Waals surface area contributed by atoms with Gasteiger partial charge in [0.05, 0.1) is 11.4 Å². The normalized spacial score (nSPS) is 11.9. The molecule has 0 aliphatic rings. The zero-order valence-corrected chi connectivity index (χ0v) is 11.7. The van der Waals surface area contributed by atoms with E-state index in [9.17, 15) is 8.42 Å². The summed E-state index contributed by atoms with van der Waals surface area (Å²) < 4.78 is 25.5. The molecule has 0 radical (unpaired) electrons. The van der Waals surface area contributed by atoms with Crippen molar-refractivity contribution in [3.05, 3.63) is 21.9 Å². The van der Waals surface area contributed by atoms with Gasteiger partial charge in [-0.1, -0.05) is 5.21 Å². The van der Waals surface area contributed by atoms with E-state index in [1.54, 1.807) is 17.8 Å². The number of aromatic nitrogens is 5. The summed E-state index contributed by atoms with van der Waals surface area (Å²) >= 11 is 1.29. The molecule has 0 fully saturated rings. The minimum absolute atomic E-state index is 0.0997. The average Bonchev–Trinajstić information content (AvgIpc) is 2.86. The lowest BCUT2D eigenvalue weighted by Crippen LogP contribution is -2.08. The molecule has 0 atom stereocenters. The van der Waals surface area contributed by atoms with Crippen molar-refractivity contribution in [3.8, 4) is 0 Å². The van der Waals surface area contributed by atoms with Crippen LogP contribution in [-0.2, 0) is 27.9 Å². The molecule has 0 aliphatic carbocycles. The maximum atomic E-state index is 11.9. The van der Waals surface area contributed by atoms with E-state index in [1.165, 1.54) is 11.3 Å². The molecule has 0 saturated carbocycles. The predicted octanol–water partition coefficient (Wildman–Crippen LogP) is 0.573. The Morgan fingerprint density at radius 2 is 2.06 bits per heavy atom. The van der Waals surface area contributed by atoms with Crippen LogP contribution in [0.3, 0.4) is 0 Å². The molecule has 0 N–H and O–H groups in total. The van der Waals surface area contributed by atoms with Crippen LogP contribution in [-0.4, -0.2) is 33.6 Å². The van der Waals surface area contributed by atoms with Crippen LogP contribution >= 0.6 is 11.3 Å². The van der Waals surface area contributed by atoms with Crippen LogP contribution in [0.15, 0.2) is 6.20 Å². The van der Waals surface area contributed by atoms with Crippen LogP contribution in [0.5, 0.6) is 0 Å². The van der Waals surface area contributed by atoms with Crippen LogP contribution in [0, 0.1) is 6.92 Å². The molecule has 2 rings (SSSR count). The highest BCUT2D eigenvalue weighted by atomic mass is 32.2. The summed E-state index contributed by atoms with van der Waals surface area (Å²) in [4.78, 5) is 0. The second-order valence-corrected chi connectivity index (χ2v) is 7.14. The first-order valence-electron chi connectivity index (χ1n) is 5.37. The van der Waals surface area contributed by atoms with Crippen LogP contribution in [0.4, 0.5) is 0 Å². The Hall–Kier alpha value is -1.35. The van der Waals surface area contributed by atoms with Crippen LogP contribution in [0.25, 0.3) is 0 Å². The summed E-state index contributed by atoms with van der Waals surface area (Å²) in [5.74, 6) is -0.219. The third-order valence-corrected chi connectivity index (χ3v) is 4.66. The molecule has 18 heavy (non-hydrogen) atoms. The van der Waals surface area contributed by atoms with Gasteiger partial charge in [0.15, 0.2) is 9.84 Å². The maximum absolute atomic E-state index is 11.9. The van der Waals surface area contributed by atoms with Gasteiger partial charge < -0.3 is 0 Å². The fraction of sp³-hybridized carbons (Fsp3) is 0.556. The molecule has 0 aliphatic heterocycles. The molecule has 0 spiro atoms. The van der Waals surface area contributed by atoms with Crippen molar-refractivity contribution in [2.75, 3.05) is 0 Å². The zero-order valence-electron chi connectivity index (χ0n) is 10.1. The summed E-state index contributed by atoms with van der Waals surface area (Å²) in [6.07, 6.45) is 1.64. The third-order valence-electron chi connectivity index (χ3n) is 2.19. The van der Waals surface area contributed by atoms with Gasteiger partial charge in [-0.05, 0) is 13.8 Å². The summed E-state index contributed by atoms with van der Waals surface area (Å²) in [6.45, 7) is 4.38. The predicted molar refractivity (Wildman–Crippen MR) is 66.7 cm³/mol. The lowest BCUT2D eigenvalue weighted by molar-refractivity contribution is 0.593. The first-order chi connectivity index (χ1) is 8.48. The highest BCUT2D eigenvalue weighted by molar-refractivity contribution is 7.89. The first-order valence-corrected chi connectivity index (χ1v) is 8.00. The molecule has 0 unspecified atom stereocenters. The minimum Gasteiger partial charge on any atom is -0.253 e. The molecule has 2 aromatic heterocycles. The number of hydrogen-bond acceptors (Lipinski definition) is 7. The van der Waals surface area contributed by atoms with Crippen molar-refractivity contribution in [2.45, 2.75) is 31.9 Å². The zero-order chi connectivity index (χ0) is 13.2. The molecular weight excluding hydrogens is 274 g/mol. The SMILES string of the molecule is CCn1cc(CS(=O)(=O)Cc2nnc(C)s2)nn1. The smallest absolute Gasteiger partial charge is 0.162 e. The fourth-order valence-electron chi connectivity index (χ4n) is 1.42. The average molecular weight is 287 g/mol. The Morgan fingerprint density at radius 1 is 1.28 bits per heavy atom. The number of hydrogen-bond donors (Lipinski definition) is 0. The van der Waals surface area contributed by atoms with Gasteiger partial charge in [0.1, 0.15) is 15.8 Å². The summed E-state index contributed by atoms with van der Waals surface area (Å²) in [7, 11) is -3.28. The van der Waals surface area contributed by atoms with Crippen molar-refractivity contribution in [2.24, 2.45) is 0 Å². The van der Waals surface area contributed by atoms with E-state index in [0.717, 1.165) is 5.01 Å². The minimum atomic E-state index is -3.28. The van der Waals surface area contributed by atoms with Gasteiger partial charge in [-0.15, -0.1) is 26.6 Å². The van der Waals surface area contributed by atoms with Gasteiger partial charge in [0, 0.05) is 12.7 Å². The molecular formula is C9H13N5O2S2. The van der Waals surface area contributed by atoms with Crippen LogP contribution in [0.1, 0.15) is 22.6 Å². The molecule has 0 amide bonds. The second kappa shape index (κ2) is 5.11. The standard InChI is InChI=1S/C9H13N5O2S2/c1-3-14-4-8(11-13-14)5-18(15,16)6-9-12-10-7(2)17-9/h4H,3,5-6H2,1-2H3. The summed E-state index contributed by atoms with van der Waals surface area (Å²) in [6, 6.07) is 0. The number of rotatable bonds is 5. The van der Waals surface area contributed by atoms with Crippen molar-refractivity contribution >= 4 is 21.2 Å². The molecule has 7 nitrogen and oxygen atoms in total. The molecule has 2 heterocycles. The molecule has 9 heteroatoms. The Kier molecular flexibility index (Phi) is 3.71. The monoisotopic (exact) mass is 287 g/mol. The highest BCUT2D eigenvalue weighted by Gasteiger charge is 2.17. The Bertz CT molecular complexity index is 631. The van der Waals surface area contributed by atoms with Crippen LogP contribution in [0.2, 0.25) is 0 Å². The number of nitrogens with zero attached hydrogens (tertiary/aromatic N) is 5.